The van der Waals surface area contributed by atoms with Crippen LogP contribution in [0.5, 0.6) is 0 Å². The van der Waals surface area contributed by atoms with Gasteiger partial charge < -0.3 is 10.2 Å². The molecule has 2 amide bonds. The molecule has 0 unspecified atom stereocenters. The summed E-state index contributed by atoms with van der Waals surface area (Å²) in [6.45, 7) is 4.32. The summed E-state index contributed by atoms with van der Waals surface area (Å²) in [6.07, 6.45) is 9.52. The zero-order valence-electron chi connectivity index (χ0n) is 13.3. The van der Waals surface area contributed by atoms with Crippen molar-refractivity contribution >= 4 is 11.8 Å². The van der Waals surface area contributed by atoms with Crippen LogP contribution in [0.2, 0.25) is 0 Å². The first kappa shape index (κ1) is 16.5. The Morgan fingerprint density at radius 1 is 1.14 bits per heavy atom. The van der Waals surface area contributed by atoms with Crippen molar-refractivity contribution in [2.45, 2.75) is 45.4 Å². The van der Waals surface area contributed by atoms with Gasteiger partial charge in [-0.2, -0.15) is 0 Å². The summed E-state index contributed by atoms with van der Waals surface area (Å²) in [5, 5.41) is 2.85. The lowest BCUT2D eigenvalue weighted by atomic mass is 10.1. The Morgan fingerprint density at radius 2 is 1.82 bits per heavy atom. The molecule has 5 nitrogen and oxygen atoms in total. The average molecular weight is 303 g/mol. The number of hydrogen-bond acceptors (Lipinski definition) is 3. The highest BCUT2D eigenvalue weighted by atomic mass is 16.2. The number of carbonyl (C=O) groups is 2. The molecule has 1 fully saturated rings. The average Bonchev–Trinajstić information content (AvgIpc) is 2.83. The summed E-state index contributed by atoms with van der Waals surface area (Å²) < 4.78 is 0. The molecule has 1 N–H and O–H groups in total. The Kier molecular flexibility index (Phi) is 6.37. The predicted molar refractivity (Wildman–Crippen MR) is 85.8 cm³/mol. The predicted octanol–water partition coefficient (Wildman–Crippen LogP) is 2.63. The van der Waals surface area contributed by atoms with Crippen molar-refractivity contribution in [1.29, 1.82) is 0 Å². The van der Waals surface area contributed by atoms with E-state index in [4.69, 9.17) is 0 Å². The quantitative estimate of drug-likeness (QED) is 0.851. The van der Waals surface area contributed by atoms with E-state index in [1.807, 2.05) is 4.90 Å². The second kappa shape index (κ2) is 8.51. The molecule has 0 bridgehead atoms. The van der Waals surface area contributed by atoms with Gasteiger partial charge in [0.25, 0.3) is 11.8 Å². The summed E-state index contributed by atoms with van der Waals surface area (Å²) in [5.41, 5.74) is 0.960. The molecule has 2 heterocycles. The molecule has 1 aromatic heterocycles. The zero-order valence-corrected chi connectivity index (χ0v) is 13.3. The highest BCUT2D eigenvalue weighted by molar-refractivity contribution is 5.99. The van der Waals surface area contributed by atoms with E-state index in [2.05, 4.69) is 17.2 Å². The van der Waals surface area contributed by atoms with Gasteiger partial charge in [0.2, 0.25) is 0 Å². The molecule has 0 spiro atoms. The molecular weight excluding hydrogens is 278 g/mol. The number of pyridine rings is 1. The molecule has 22 heavy (non-hydrogen) atoms. The van der Waals surface area contributed by atoms with Gasteiger partial charge in [-0.15, -0.1) is 0 Å². The van der Waals surface area contributed by atoms with Crippen LogP contribution < -0.4 is 5.32 Å². The fourth-order valence-corrected chi connectivity index (χ4v) is 2.62. The number of likely N-dealkylation sites (tertiary alicyclic amines) is 1. The molecule has 1 aliphatic rings. The van der Waals surface area contributed by atoms with Gasteiger partial charge >= 0.3 is 0 Å². The maximum Gasteiger partial charge on any atom is 0.255 e. The van der Waals surface area contributed by atoms with Crippen LogP contribution in [0.25, 0.3) is 0 Å². The van der Waals surface area contributed by atoms with Crippen molar-refractivity contribution < 1.29 is 9.59 Å². The lowest BCUT2D eigenvalue weighted by Crippen LogP contribution is -2.32. The van der Waals surface area contributed by atoms with Crippen LogP contribution >= 0.6 is 0 Å². The Hall–Kier alpha value is -1.91. The molecular formula is C17H25N3O2. The third-order valence-corrected chi connectivity index (χ3v) is 3.96. The normalized spacial score (nSPS) is 15.2. The molecule has 1 aromatic rings. The van der Waals surface area contributed by atoms with Crippen molar-refractivity contribution in [3.8, 4) is 0 Å². The van der Waals surface area contributed by atoms with E-state index >= 15 is 0 Å². The van der Waals surface area contributed by atoms with Crippen molar-refractivity contribution in [2.24, 2.45) is 0 Å². The van der Waals surface area contributed by atoms with E-state index in [-0.39, 0.29) is 11.8 Å². The summed E-state index contributed by atoms with van der Waals surface area (Å²) in [5.74, 6) is -0.177. The summed E-state index contributed by atoms with van der Waals surface area (Å²) >= 11 is 0. The van der Waals surface area contributed by atoms with E-state index in [0.29, 0.717) is 17.7 Å². The molecule has 5 heteroatoms. The minimum Gasteiger partial charge on any atom is -0.352 e. The van der Waals surface area contributed by atoms with Crippen molar-refractivity contribution in [3.05, 3.63) is 29.6 Å². The third-order valence-electron chi connectivity index (χ3n) is 3.96. The van der Waals surface area contributed by atoms with Gasteiger partial charge in [-0.25, -0.2) is 0 Å². The first-order valence-corrected chi connectivity index (χ1v) is 8.25. The van der Waals surface area contributed by atoms with Gasteiger partial charge in [-0.1, -0.05) is 26.2 Å². The minimum atomic E-state index is -0.161. The van der Waals surface area contributed by atoms with Crippen LogP contribution in [-0.2, 0) is 0 Å². The molecule has 0 aliphatic carbocycles. The number of hydrogen-bond donors (Lipinski definition) is 1. The van der Waals surface area contributed by atoms with Gasteiger partial charge in [0.1, 0.15) is 0 Å². The van der Waals surface area contributed by atoms with E-state index in [1.54, 1.807) is 12.3 Å². The maximum absolute atomic E-state index is 12.5. The van der Waals surface area contributed by atoms with Crippen LogP contribution in [0.3, 0.4) is 0 Å². The topological polar surface area (TPSA) is 62.3 Å². The monoisotopic (exact) mass is 303 g/mol. The standard InChI is InChI=1S/C17H25N3O2/c1-2-3-8-19-16(21)14-11-15(13-18-12-14)17(22)20-9-6-4-5-7-10-20/h11-13H,2-10H2,1H3,(H,19,21). The molecule has 120 valence electrons. The number of aromatic nitrogens is 1. The van der Waals surface area contributed by atoms with Crippen LogP contribution in [-0.4, -0.2) is 41.3 Å². The highest BCUT2D eigenvalue weighted by Crippen LogP contribution is 2.13. The number of rotatable bonds is 5. The summed E-state index contributed by atoms with van der Waals surface area (Å²) in [6, 6.07) is 1.65. The second-order valence-electron chi connectivity index (χ2n) is 5.78. The molecule has 2 rings (SSSR count). The van der Waals surface area contributed by atoms with Crippen LogP contribution in [0.1, 0.15) is 66.2 Å². The molecule has 1 aliphatic heterocycles. The molecule has 0 atom stereocenters. The third kappa shape index (κ3) is 4.55. The Labute approximate surface area is 132 Å². The first-order chi connectivity index (χ1) is 10.7. The number of amides is 2. The number of nitrogens with zero attached hydrogens (tertiary/aromatic N) is 2. The molecule has 0 radical (unpaired) electrons. The van der Waals surface area contributed by atoms with Gasteiger partial charge in [0.15, 0.2) is 0 Å². The maximum atomic E-state index is 12.5. The van der Waals surface area contributed by atoms with E-state index < -0.39 is 0 Å². The van der Waals surface area contributed by atoms with Gasteiger partial charge in [0.05, 0.1) is 11.1 Å². The zero-order chi connectivity index (χ0) is 15.8. The summed E-state index contributed by atoms with van der Waals surface area (Å²) in [4.78, 5) is 30.5. The van der Waals surface area contributed by atoms with Gasteiger partial charge in [-0.3, -0.25) is 14.6 Å². The Balaban J connectivity index is 2.03. The van der Waals surface area contributed by atoms with Crippen molar-refractivity contribution in [2.75, 3.05) is 19.6 Å². The van der Waals surface area contributed by atoms with Gasteiger partial charge in [0, 0.05) is 32.0 Å². The fraction of sp³-hybridized carbons (Fsp3) is 0.588. The number of unbranched alkanes of at least 4 members (excludes halogenated alkanes) is 1. The number of carbonyl (C=O) groups excluding carboxylic acids is 2. The first-order valence-electron chi connectivity index (χ1n) is 8.25. The minimum absolute atomic E-state index is 0.0161. The second-order valence-corrected chi connectivity index (χ2v) is 5.78. The molecule has 1 saturated heterocycles. The van der Waals surface area contributed by atoms with Crippen molar-refractivity contribution in [3.63, 3.8) is 0 Å². The Bertz CT molecular complexity index is 508. The lowest BCUT2D eigenvalue weighted by Gasteiger charge is -2.20. The van der Waals surface area contributed by atoms with Gasteiger partial charge in [-0.05, 0) is 25.3 Å². The van der Waals surface area contributed by atoms with Crippen LogP contribution in [0, 0.1) is 0 Å². The largest absolute Gasteiger partial charge is 0.352 e. The smallest absolute Gasteiger partial charge is 0.255 e. The van der Waals surface area contributed by atoms with E-state index in [1.165, 1.54) is 19.0 Å². The highest BCUT2D eigenvalue weighted by Gasteiger charge is 2.18. The van der Waals surface area contributed by atoms with Crippen molar-refractivity contribution in [1.82, 2.24) is 15.2 Å². The summed E-state index contributed by atoms with van der Waals surface area (Å²) in [7, 11) is 0. The molecule has 0 aromatic carbocycles. The van der Waals surface area contributed by atoms with Crippen LogP contribution in [0.4, 0.5) is 0 Å². The van der Waals surface area contributed by atoms with Crippen LogP contribution in [0.15, 0.2) is 18.5 Å². The SMILES string of the molecule is CCCCNC(=O)c1cncc(C(=O)N2CCCCCC2)c1. The lowest BCUT2D eigenvalue weighted by molar-refractivity contribution is 0.0761. The van der Waals surface area contributed by atoms with E-state index in [9.17, 15) is 9.59 Å². The Morgan fingerprint density at radius 3 is 2.50 bits per heavy atom. The van der Waals surface area contributed by atoms with E-state index in [0.717, 1.165) is 38.8 Å². The number of nitrogens with one attached hydrogen (secondary N) is 1. The molecule has 0 saturated carbocycles. The fourth-order valence-electron chi connectivity index (χ4n) is 2.62.